The summed E-state index contributed by atoms with van der Waals surface area (Å²) in [6.07, 6.45) is 0.978. The van der Waals surface area contributed by atoms with Crippen LogP contribution in [0.5, 0.6) is 0 Å². The maximum absolute atomic E-state index is 12.0. The lowest BCUT2D eigenvalue weighted by Gasteiger charge is -2.18. The molecule has 88 valence electrons. The summed E-state index contributed by atoms with van der Waals surface area (Å²) >= 11 is 0. The molecule has 1 aliphatic rings. The van der Waals surface area contributed by atoms with Crippen molar-refractivity contribution in [1.29, 1.82) is 0 Å². The number of anilines is 1. The number of hydrogen-bond acceptors (Lipinski definition) is 5. The second kappa shape index (κ2) is 4.48. The molecule has 0 saturated carbocycles. The van der Waals surface area contributed by atoms with E-state index in [1.807, 2.05) is 0 Å². The molecule has 16 heavy (non-hydrogen) atoms. The van der Waals surface area contributed by atoms with Crippen molar-refractivity contribution in [3.63, 3.8) is 0 Å². The van der Waals surface area contributed by atoms with Crippen LogP contribution >= 0.6 is 0 Å². The Morgan fingerprint density at radius 3 is 2.88 bits per heavy atom. The lowest BCUT2D eigenvalue weighted by Crippen LogP contribution is -2.35. The summed E-state index contributed by atoms with van der Waals surface area (Å²) in [7, 11) is 2.06. The number of rotatable bonds is 1. The monoisotopic (exact) mass is 224 g/mol. The number of carbonyl (C=O) groups excluding carboxylic acids is 1. The number of H-pyrrole nitrogens is 1. The van der Waals surface area contributed by atoms with E-state index in [0.717, 1.165) is 32.6 Å². The van der Waals surface area contributed by atoms with Gasteiger partial charge in [-0.05, 0) is 20.0 Å². The van der Waals surface area contributed by atoms with Crippen LogP contribution in [-0.4, -0.2) is 64.1 Å². The molecular weight excluding hydrogens is 208 g/mol. The maximum atomic E-state index is 12.0. The van der Waals surface area contributed by atoms with Gasteiger partial charge in [0.1, 0.15) is 0 Å². The van der Waals surface area contributed by atoms with E-state index >= 15 is 0 Å². The van der Waals surface area contributed by atoms with Crippen LogP contribution in [0.2, 0.25) is 0 Å². The fourth-order valence-electron chi connectivity index (χ4n) is 1.77. The first-order chi connectivity index (χ1) is 7.66. The zero-order chi connectivity index (χ0) is 11.5. The summed E-state index contributed by atoms with van der Waals surface area (Å²) in [5.74, 6) is 0.205. The molecule has 3 N–H and O–H groups in total. The molecule has 2 heterocycles. The highest BCUT2D eigenvalue weighted by atomic mass is 16.2. The summed E-state index contributed by atoms with van der Waals surface area (Å²) in [5.41, 5.74) is 5.37. The molecule has 0 unspecified atom stereocenters. The standard InChI is InChI=1S/C9H16N6O/c1-14-3-2-4-15(6-5-14)8(16)7-11-9(10)13-12-7/h2-6H2,1H3,(H3,10,11,12,13). The number of nitrogens with two attached hydrogens (primary N) is 1. The molecule has 2 rings (SSSR count). The minimum Gasteiger partial charge on any atom is -0.366 e. The van der Waals surface area contributed by atoms with Gasteiger partial charge in [-0.2, -0.15) is 4.98 Å². The van der Waals surface area contributed by atoms with Gasteiger partial charge < -0.3 is 15.5 Å². The second-order valence-electron chi connectivity index (χ2n) is 3.99. The largest absolute Gasteiger partial charge is 0.366 e. The van der Waals surface area contributed by atoms with Gasteiger partial charge in [0, 0.05) is 19.6 Å². The first-order valence-electron chi connectivity index (χ1n) is 5.32. The Morgan fingerprint density at radius 2 is 2.19 bits per heavy atom. The quantitative estimate of drug-likeness (QED) is 0.649. The van der Waals surface area contributed by atoms with Crippen molar-refractivity contribution in [1.82, 2.24) is 25.0 Å². The van der Waals surface area contributed by atoms with Gasteiger partial charge in [-0.1, -0.05) is 0 Å². The van der Waals surface area contributed by atoms with Crippen molar-refractivity contribution >= 4 is 11.9 Å². The molecule has 0 atom stereocenters. The Hall–Kier alpha value is -1.63. The molecule has 1 aliphatic heterocycles. The summed E-state index contributed by atoms with van der Waals surface area (Å²) < 4.78 is 0. The zero-order valence-electron chi connectivity index (χ0n) is 9.31. The summed E-state index contributed by atoms with van der Waals surface area (Å²) in [6.45, 7) is 3.37. The van der Waals surface area contributed by atoms with E-state index in [0.29, 0.717) is 0 Å². The third kappa shape index (κ3) is 2.30. The maximum Gasteiger partial charge on any atom is 0.291 e. The predicted molar refractivity (Wildman–Crippen MR) is 58.8 cm³/mol. The molecule has 7 nitrogen and oxygen atoms in total. The van der Waals surface area contributed by atoms with Crippen LogP contribution in [0.4, 0.5) is 5.95 Å². The average Bonchev–Trinajstić information content (AvgIpc) is 2.57. The summed E-state index contributed by atoms with van der Waals surface area (Å²) in [5, 5.41) is 6.20. The van der Waals surface area contributed by atoms with Crippen molar-refractivity contribution in [3.05, 3.63) is 5.82 Å². The number of likely N-dealkylation sites (N-methyl/N-ethyl adjacent to an activating group) is 1. The third-order valence-corrected chi connectivity index (χ3v) is 2.71. The molecule has 0 aromatic carbocycles. The number of nitrogen functional groups attached to an aromatic ring is 1. The van der Waals surface area contributed by atoms with Crippen molar-refractivity contribution in [2.45, 2.75) is 6.42 Å². The highest BCUT2D eigenvalue weighted by molar-refractivity contribution is 5.90. The Morgan fingerprint density at radius 1 is 1.38 bits per heavy atom. The number of hydrogen-bond donors (Lipinski definition) is 2. The van der Waals surface area contributed by atoms with Crippen molar-refractivity contribution in [2.24, 2.45) is 0 Å². The Labute approximate surface area is 93.6 Å². The van der Waals surface area contributed by atoms with Crippen molar-refractivity contribution in [3.8, 4) is 0 Å². The highest BCUT2D eigenvalue weighted by Crippen LogP contribution is 2.05. The van der Waals surface area contributed by atoms with Crippen molar-refractivity contribution < 1.29 is 4.79 Å². The molecule has 0 aliphatic carbocycles. The molecular formula is C9H16N6O. The van der Waals surface area contributed by atoms with E-state index in [9.17, 15) is 4.79 Å². The van der Waals surface area contributed by atoms with Gasteiger partial charge in [-0.15, -0.1) is 5.10 Å². The van der Waals surface area contributed by atoms with Gasteiger partial charge in [-0.25, -0.2) is 0 Å². The SMILES string of the molecule is CN1CCCN(C(=O)c2nc(N)n[nH]2)CC1. The van der Waals surface area contributed by atoms with Crippen LogP contribution in [0, 0.1) is 0 Å². The topological polar surface area (TPSA) is 91.1 Å². The van der Waals surface area contributed by atoms with Crippen LogP contribution in [0.25, 0.3) is 0 Å². The van der Waals surface area contributed by atoms with Crippen LogP contribution in [0.1, 0.15) is 17.0 Å². The number of amides is 1. The molecule has 0 radical (unpaired) electrons. The molecule has 0 bridgehead atoms. The number of nitrogens with one attached hydrogen (secondary N) is 1. The Kier molecular flexibility index (Phi) is 3.04. The van der Waals surface area contributed by atoms with Gasteiger partial charge in [0.15, 0.2) is 0 Å². The molecule has 0 spiro atoms. The fourth-order valence-corrected chi connectivity index (χ4v) is 1.77. The first-order valence-corrected chi connectivity index (χ1v) is 5.32. The van der Waals surface area contributed by atoms with Gasteiger partial charge in [0.05, 0.1) is 0 Å². The number of carbonyl (C=O) groups is 1. The molecule has 1 saturated heterocycles. The van der Waals surface area contributed by atoms with Gasteiger partial charge in [0.2, 0.25) is 11.8 Å². The third-order valence-electron chi connectivity index (χ3n) is 2.71. The van der Waals surface area contributed by atoms with Gasteiger partial charge >= 0.3 is 0 Å². The average molecular weight is 224 g/mol. The van der Waals surface area contributed by atoms with Gasteiger partial charge in [0.25, 0.3) is 5.91 Å². The first kappa shape index (κ1) is 10.9. The zero-order valence-corrected chi connectivity index (χ0v) is 9.31. The number of nitrogens with zero attached hydrogens (tertiary/aromatic N) is 4. The van der Waals surface area contributed by atoms with E-state index in [2.05, 4.69) is 27.1 Å². The van der Waals surface area contributed by atoms with Crippen LogP contribution < -0.4 is 5.73 Å². The summed E-state index contributed by atoms with van der Waals surface area (Å²) in [4.78, 5) is 19.8. The van der Waals surface area contributed by atoms with Crippen LogP contribution in [-0.2, 0) is 0 Å². The molecule has 1 aromatic heterocycles. The summed E-state index contributed by atoms with van der Waals surface area (Å²) in [6, 6.07) is 0. The predicted octanol–water partition coefficient (Wildman–Crippen LogP) is -0.835. The second-order valence-corrected chi connectivity index (χ2v) is 3.99. The smallest absolute Gasteiger partial charge is 0.291 e. The highest BCUT2D eigenvalue weighted by Gasteiger charge is 2.21. The van der Waals surface area contributed by atoms with E-state index in [4.69, 9.17) is 5.73 Å². The number of aromatic nitrogens is 3. The lowest BCUT2D eigenvalue weighted by molar-refractivity contribution is 0.0751. The normalized spacial score (nSPS) is 18.4. The Balaban J connectivity index is 2.04. The van der Waals surface area contributed by atoms with E-state index in [1.54, 1.807) is 4.90 Å². The number of aromatic amines is 1. The Bertz CT molecular complexity index is 376. The lowest BCUT2D eigenvalue weighted by atomic mass is 10.3. The van der Waals surface area contributed by atoms with Crippen LogP contribution in [0.15, 0.2) is 0 Å². The molecule has 7 heteroatoms. The van der Waals surface area contributed by atoms with E-state index in [-0.39, 0.29) is 17.7 Å². The minimum atomic E-state index is -0.125. The fraction of sp³-hybridized carbons (Fsp3) is 0.667. The van der Waals surface area contributed by atoms with E-state index < -0.39 is 0 Å². The van der Waals surface area contributed by atoms with Crippen LogP contribution in [0.3, 0.4) is 0 Å². The van der Waals surface area contributed by atoms with Crippen molar-refractivity contribution in [2.75, 3.05) is 39.0 Å². The molecule has 1 fully saturated rings. The molecule has 1 amide bonds. The minimum absolute atomic E-state index is 0.107. The molecule has 1 aromatic rings. The van der Waals surface area contributed by atoms with Gasteiger partial charge in [-0.3, -0.25) is 9.89 Å². The van der Waals surface area contributed by atoms with E-state index in [1.165, 1.54) is 0 Å².